The van der Waals surface area contributed by atoms with Crippen molar-refractivity contribution >= 4 is 44.6 Å². The van der Waals surface area contributed by atoms with E-state index in [9.17, 15) is 18.0 Å². The summed E-state index contributed by atoms with van der Waals surface area (Å²) in [4.78, 5) is 23.7. The van der Waals surface area contributed by atoms with Crippen molar-refractivity contribution in [2.45, 2.75) is 29.7 Å². The van der Waals surface area contributed by atoms with Gasteiger partial charge in [0.15, 0.2) is 0 Å². The number of halogens is 1. The predicted molar refractivity (Wildman–Crippen MR) is 91.1 cm³/mol. The fourth-order valence-corrected chi connectivity index (χ4v) is 4.67. The molecular formula is C14H16IN3O4S. The maximum atomic E-state index is 12.3. The lowest BCUT2D eigenvalue weighted by Crippen LogP contribution is -2.53. The van der Waals surface area contributed by atoms with Crippen LogP contribution in [0.25, 0.3) is 0 Å². The van der Waals surface area contributed by atoms with Crippen molar-refractivity contribution in [2.75, 3.05) is 6.54 Å². The number of amides is 3. The average molecular weight is 449 g/mol. The minimum atomic E-state index is -3.64. The van der Waals surface area contributed by atoms with Crippen LogP contribution in [0.5, 0.6) is 0 Å². The molecule has 9 heteroatoms. The highest BCUT2D eigenvalue weighted by Gasteiger charge is 2.54. The van der Waals surface area contributed by atoms with Crippen molar-refractivity contribution in [3.05, 3.63) is 27.8 Å². The summed E-state index contributed by atoms with van der Waals surface area (Å²) < 4.78 is 28.2. The summed E-state index contributed by atoms with van der Waals surface area (Å²) in [6.07, 6.45) is 1.98. The van der Waals surface area contributed by atoms with Crippen molar-refractivity contribution in [3.63, 3.8) is 0 Å². The Morgan fingerprint density at radius 3 is 2.57 bits per heavy atom. The van der Waals surface area contributed by atoms with Gasteiger partial charge in [-0.2, -0.15) is 0 Å². The van der Waals surface area contributed by atoms with Crippen molar-refractivity contribution in [1.82, 2.24) is 15.4 Å². The topological polar surface area (TPSA) is 104 Å². The molecule has 2 unspecified atom stereocenters. The maximum absolute atomic E-state index is 12.3. The van der Waals surface area contributed by atoms with Gasteiger partial charge in [0.1, 0.15) is 5.54 Å². The highest BCUT2D eigenvalue weighted by atomic mass is 127. The van der Waals surface area contributed by atoms with Gasteiger partial charge in [-0.1, -0.05) is 6.42 Å². The third-order valence-electron chi connectivity index (χ3n) is 4.43. The molecule has 0 aromatic heterocycles. The third-order valence-corrected chi connectivity index (χ3v) is 6.59. The normalized spacial score (nSPS) is 27.3. The lowest BCUT2D eigenvalue weighted by Gasteiger charge is -2.28. The van der Waals surface area contributed by atoms with Gasteiger partial charge in [-0.15, -0.1) is 0 Å². The Hall–Kier alpha value is -1.20. The van der Waals surface area contributed by atoms with Crippen molar-refractivity contribution in [1.29, 1.82) is 0 Å². The predicted octanol–water partition coefficient (Wildman–Crippen LogP) is 0.948. The fourth-order valence-electron chi connectivity index (χ4n) is 3.23. The van der Waals surface area contributed by atoms with Crippen LogP contribution in [-0.2, 0) is 14.8 Å². The first-order chi connectivity index (χ1) is 10.8. The number of hydrogen-bond donors (Lipinski definition) is 3. The van der Waals surface area contributed by atoms with E-state index in [1.807, 2.05) is 0 Å². The van der Waals surface area contributed by atoms with Crippen LogP contribution in [0.1, 0.15) is 19.3 Å². The number of carbonyl (C=O) groups excluding carboxylic acids is 2. The summed E-state index contributed by atoms with van der Waals surface area (Å²) >= 11 is 2.10. The number of nitrogens with one attached hydrogen (secondary N) is 3. The lowest BCUT2D eigenvalue weighted by atomic mass is 9.87. The number of carbonyl (C=O) groups is 2. The van der Waals surface area contributed by atoms with E-state index < -0.39 is 21.6 Å². The zero-order valence-corrected chi connectivity index (χ0v) is 15.1. The smallest absolute Gasteiger partial charge is 0.322 e. The largest absolute Gasteiger partial charge is 0.323 e. The zero-order valence-electron chi connectivity index (χ0n) is 12.1. The first kappa shape index (κ1) is 16.7. The molecule has 1 aromatic carbocycles. The molecule has 3 amide bonds. The molecule has 0 bridgehead atoms. The van der Waals surface area contributed by atoms with Crippen molar-refractivity contribution < 1.29 is 18.0 Å². The van der Waals surface area contributed by atoms with Gasteiger partial charge in [-0.05, 0) is 59.7 Å². The van der Waals surface area contributed by atoms with Crippen LogP contribution in [0.15, 0.2) is 29.2 Å². The SMILES string of the molecule is O=C1NC(=O)C2(CCCC2CNS(=O)(=O)c2ccc(I)cc2)N1. The second-order valence-electron chi connectivity index (χ2n) is 5.77. The van der Waals surface area contributed by atoms with Crippen LogP contribution in [0.3, 0.4) is 0 Å². The first-order valence-electron chi connectivity index (χ1n) is 7.22. The van der Waals surface area contributed by atoms with E-state index in [1.165, 1.54) is 0 Å². The van der Waals surface area contributed by atoms with Gasteiger partial charge in [-0.3, -0.25) is 10.1 Å². The molecule has 1 spiro atoms. The third kappa shape index (κ3) is 3.09. The van der Waals surface area contributed by atoms with Crippen LogP contribution in [-0.4, -0.2) is 32.4 Å². The van der Waals surface area contributed by atoms with Crippen LogP contribution < -0.4 is 15.4 Å². The summed E-state index contributed by atoms with van der Waals surface area (Å²) in [5, 5.41) is 4.92. The number of rotatable bonds is 4. The number of hydrogen-bond acceptors (Lipinski definition) is 4. The molecule has 124 valence electrons. The lowest BCUT2D eigenvalue weighted by molar-refractivity contribution is -0.125. The van der Waals surface area contributed by atoms with Gasteiger partial charge in [0, 0.05) is 16.0 Å². The van der Waals surface area contributed by atoms with Crippen LogP contribution in [0.2, 0.25) is 0 Å². The van der Waals surface area contributed by atoms with Crippen molar-refractivity contribution in [2.24, 2.45) is 5.92 Å². The Bertz CT molecular complexity index is 750. The van der Waals surface area contributed by atoms with Gasteiger partial charge >= 0.3 is 6.03 Å². The van der Waals surface area contributed by atoms with E-state index >= 15 is 0 Å². The summed E-state index contributed by atoms with van der Waals surface area (Å²) in [6.45, 7) is 0.113. The van der Waals surface area contributed by atoms with E-state index in [0.29, 0.717) is 12.8 Å². The highest BCUT2D eigenvalue weighted by molar-refractivity contribution is 14.1. The standard InChI is InChI=1S/C14H16IN3O4S/c15-10-3-5-11(6-4-10)23(21,22)16-8-9-2-1-7-14(9)12(19)17-13(20)18-14/h3-6,9,16H,1-2,7-8H2,(H2,17,18,19,20). The molecular weight excluding hydrogens is 433 g/mol. The molecule has 1 aliphatic heterocycles. The summed E-state index contributed by atoms with van der Waals surface area (Å²) in [7, 11) is -3.64. The molecule has 0 radical (unpaired) electrons. The summed E-state index contributed by atoms with van der Waals surface area (Å²) in [5.74, 6) is -0.619. The molecule has 3 rings (SSSR count). The molecule has 2 atom stereocenters. The van der Waals surface area contributed by atoms with E-state index in [4.69, 9.17) is 0 Å². The van der Waals surface area contributed by atoms with Crippen LogP contribution in [0.4, 0.5) is 4.79 Å². The molecule has 1 aliphatic carbocycles. The molecule has 3 N–H and O–H groups in total. The Balaban J connectivity index is 1.73. The van der Waals surface area contributed by atoms with E-state index in [0.717, 1.165) is 9.99 Å². The minimum Gasteiger partial charge on any atom is -0.323 e. The molecule has 23 heavy (non-hydrogen) atoms. The molecule has 1 saturated heterocycles. The maximum Gasteiger partial charge on any atom is 0.322 e. The van der Waals surface area contributed by atoms with Gasteiger partial charge in [0.2, 0.25) is 10.0 Å². The van der Waals surface area contributed by atoms with E-state index in [1.54, 1.807) is 24.3 Å². The quantitative estimate of drug-likeness (QED) is 0.471. The van der Waals surface area contributed by atoms with Gasteiger partial charge in [0.05, 0.1) is 4.90 Å². The number of benzene rings is 1. The summed E-state index contributed by atoms with van der Waals surface area (Å²) in [5.41, 5.74) is -0.980. The Morgan fingerprint density at radius 2 is 1.96 bits per heavy atom. The highest BCUT2D eigenvalue weighted by Crippen LogP contribution is 2.37. The molecule has 1 heterocycles. The van der Waals surface area contributed by atoms with E-state index in [2.05, 4.69) is 37.9 Å². The summed E-state index contributed by atoms with van der Waals surface area (Å²) in [6, 6.07) is 6.01. The van der Waals surface area contributed by atoms with E-state index in [-0.39, 0.29) is 23.3 Å². The Morgan fingerprint density at radius 1 is 1.26 bits per heavy atom. The molecule has 1 saturated carbocycles. The molecule has 1 aromatic rings. The zero-order chi connectivity index (χ0) is 16.7. The van der Waals surface area contributed by atoms with Crippen LogP contribution >= 0.6 is 22.6 Å². The Labute approximate surface area is 147 Å². The van der Waals surface area contributed by atoms with Gasteiger partial charge in [-0.25, -0.2) is 17.9 Å². The Kier molecular flexibility index (Phi) is 4.36. The monoisotopic (exact) mass is 449 g/mol. The second-order valence-corrected chi connectivity index (χ2v) is 8.79. The molecule has 2 fully saturated rings. The number of urea groups is 1. The van der Waals surface area contributed by atoms with Gasteiger partial charge < -0.3 is 5.32 Å². The van der Waals surface area contributed by atoms with Crippen molar-refractivity contribution in [3.8, 4) is 0 Å². The second kappa shape index (κ2) is 6.02. The average Bonchev–Trinajstić information content (AvgIpc) is 3.01. The molecule has 2 aliphatic rings. The minimum absolute atomic E-state index is 0.113. The van der Waals surface area contributed by atoms with Crippen LogP contribution in [0, 0.1) is 9.49 Å². The fraction of sp³-hybridized carbons (Fsp3) is 0.429. The number of sulfonamides is 1. The molecule has 7 nitrogen and oxygen atoms in total. The first-order valence-corrected chi connectivity index (χ1v) is 9.78. The number of imide groups is 1. The van der Waals surface area contributed by atoms with Gasteiger partial charge in [0.25, 0.3) is 5.91 Å².